The summed E-state index contributed by atoms with van der Waals surface area (Å²) in [6.45, 7) is 1.99. The standard InChI is InChI=1S/C21H26N2O2/c1-25-20-8-5-15-23(16-20)19-12-10-18(11-13-19)22-21(24)14-9-17-6-3-2-4-7-17/h2-4,6-7,10-13,20H,5,8-9,14-16H2,1H3,(H,22,24). The minimum absolute atomic E-state index is 0.0500. The third kappa shape index (κ3) is 5.07. The van der Waals surface area contributed by atoms with Crippen LogP contribution in [-0.4, -0.2) is 32.2 Å². The number of hydrogen-bond acceptors (Lipinski definition) is 3. The Morgan fingerprint density at radius 2 is 1.92 bits per heavy atom. The average molecular weight is 338 g/mol. The number of nitrogens with one attached hydrogen (secondary N) is 1. The maximum absolute atomic E-state index is 12.1. The molecule has 0 saturated carbocycles. The first-order valence-electron chi connectivity index (χ1n) is 8.96. The van der Waals surface area contributed by atoms with Crippen LogP contribution >= 0.6 is 0 Å². The van der Waals surface area contributed by atoms with Crippen LogP contribution in [0, 0.1) is 0 Å². The van der Waals surface area contributed by atoms with Crippen molar-refractivity contribution in [3.63, 3.8) is 0 Å². The third-order valence-corrected chi connectivity index (χ3v) is 4.71. The van der Waals surface area contributed by atoms with Crippen molar-refractivity contribution >= 4 is 17.3 Å². The number of carbonyl (C=O) groups excluding carboxylic acids is 1. The molecule has 3 rings (SSSR count). The van der Waals surface area contributed by atoms with Gasteiger partial charge in [-0.25, -0.2) is 0 Å². The number of nitrogens with zero attached hydrogens (tertiary/aromatic N) is 1. The van der Waals surface area contributed by atoms with Crippen molar-refractivity contribution in [1.29, 1.82) is 0 Å². The average Bonchev–Trinajstić information content (AvgIpc) is 2.68. The summed E-state index contributed by atoms with van der Waals surface area (Å²) in [7, 11) is 1.78. The Morgan fingerprint density at radius 1 is 1.16 bits per heavy atom. The van der Waals surface area contributed by atoms with E-state index >= 15 is 0 Å². The van der Waals surface area contributed by atoms with Crippen LogP contribution in [0.2, 0.25) is 0 Å². The monoisotopic (exact) mass is 338 g/mol. The van der Waals surface area contributed by atoms with Gasteiger partial charge in [-0.2, -0.15) is 0 Å². The zero-order chi connectivity index (χ0) is 17.5. The molecule has 0 radical (unpaired) electrons. The first-order valence-corrected chi connectivity index (χ1v) is 8.96. The molecular weight excluding hydrogens is 312 g/mol. The van der Waals surface area contributed by atoms with Crippen molar-refractivity contribution in [2.24, 2.45) is 0 Å². The Kier molecular flexibility index (Phi) is 6.07. The number of aryl methyl sites for hydroxylation is 1. The number of ether oxygens (including phenoxy) is 1. The number of rotatable bonds is 6. The van der Waals surface area contributed by atoms with Crippen molar-refractivity contribution < 1.29 is 9.53 Å². The summed E-state index contributed by atoms with van der Waals surface area (Å²) in [4.78, 5) is 14.5. The molecule has 0 spiro atoms. The number of hydrogen-bond donors (Lipinski definition) is 1. The molecule has 1 heterocycles. The molecule has 1 N–H and O–H groups in total. The fraction of sp³-hybridized carbons (Fsp3) is 0.381. The van der Waals surface area contributed by atoms with Crippen molar-refractivity contribution in [1.82, 2.24) is 0 Å². The highest BCUT2D eigenvalue weighted by molar-refractivity contribution is 5.91. The van der Waals surface area contributed by atoms with E-state index in [9.17, 15) is 4.79 Å². The van der Waals surface area contributed by atoms with Gasteiger partial charge in [-0.05, 0) is 49.1 Å². The predicted molar refractivity (Wildman–Crippen MR) is 102 cm³/mol. The Bertz CT molecular complexity index is 670. The normalized spacial score (nSPS) is 17.3. The zero-order valence-electron chi connectivity index (χ0n) is 14.8. The molecule has 2 aromatic carbocycles. The van der Waals surface area contributed by atoms with Gasteiger partial charge < -0.3 is 15.0 Å². The van der Waals surface area contributed by atoms with Crippen LogP contribution in [0.1, 0.15) is 24.8 Å². The van der Waals surface area contributed by atoms with E-state index in [1.54, 1.807) is 7.11 Å². The van der Waals surface area contributed by atoms with Crippen molar-refractivity contribution in [2.75, 3.05) is 30.4 Å². The summed E-state index contributed by atoms with van der Waals surface area (Å²) in [6, 6.07) is 18.2. The van der Waals surface area contributed by atoms with Gasteiger partial charge >= 0.3 is 0 Å². The van der Waals surface area contributed by atoms with Crippen LogP contribution in [0.5, 0.6) is 0 Å². The van der Waals surface area contributed by atoms with E-state index in [0.717, 1.165) is 38.0 Å². The van der Waals surface area contributed by atoms with E-state index in [2.05, 4.69) is 22.3 Å². The molecule has 1 unspecified atom stereocenters. The first-order chi connectivity index (χ1) is 12.2. The molecule has 0 aromatic heterocycles. The van der Waals surface area contributed by atoms with Gasteiger partial charge in [0.15, 0.2) is 0 Å². The highest BCUT2D eigenvalue weighted by Gasteiger charge is 2.19. The second-order valence-electron chi connectivity index (χ2n) is 6.53. The number of anilines is 2. The van der Waals surface area contributed by atoms with E-state index in [1.165, 1.54) is 11.3 Å². The topological polar surface area (TPSA) is 41.6 Å². The molecule has 132 valence electrons. The number of benzene rings is 2. The summed E-state index contributed by atoms with van der Waals surface area (Å²) in [5, 5.41) is 2.98. The molecule has 0 bridgehead atoms. The second-order valence-corrected chi connectivity index (χ2v) is 6.53. The van der Waals surface area contributed by atoms with Gasteiger partial charge in [-0.1, -0.05) is 30.3 Å². The minimum Gasteiger partial charge on any atom is -0.380 e. The molecule has 4 heteroatoms. The van der Waals surface area contributed by atoms with Gasteiger partial charge in [0.2, 0.25) is 5.91 Å². The summed E-state index contributed by atoms with van der Waals surface area (Å²) < 4.78 is 5.48. The number of amides is 1. The smallest absolute Gasteiger partial charge is 0.224 e. The van der Waals surface area contributed by atoms with E-state index in [1.807, 2.05) is 42.5 Å². The van der Waals surface area contributed by atoms with E-state index in [4.69, 9.17) is 4.74 Å². The Morgan fingerprint density at radius 3 is 2.64 bits per heavy atom. The van der Waals surface area contributed by atoms with Crippen molar-refractivity contribution in [3.05, 3.63) is 60.2 Å². The maximum Gasteiger partial charge on any atom is 0.224 e. The van der Waals surface area contributed by atoms with Gasteiger partial charge in [0.25, 0.3) is 0 Å². The van der Waals surface area contributed by atoms with Gasteiger partial charge in [-0.15, -0.1) is 0 Å². The highest BCUT2D eigenvalue weighted by atomic mass is 16.5. The lowest BCUT2D eigenvalue weighted by molar-refractivity contribution is -0.116. The number of methoxy groups -OCH3 is 1. The van der Waals surface area contributed by atoms with Crippen LogP contribution in [0.15, 0.2) is 54.6 Å². The summed E-state index contributed by atoms with van der Waals surface area (Å²) >= 11 is 0. The molecule has 0 aliphatic carbocycles. The largest absolute Gasteiger partial charge is 0.380 e. The maximum atomic E-state index is 12.1. The van der Waals surface area contributed by atoms with Gasteiger partial charge in [0.1, 0.15) is 0 Å². The Labute approximate surface area is 149 Å². The van der Waals surface area contributed by atoms with Gasteiger partial charge in [-0.3, -0.25) is 4.79 Å². The third-order valence-electron chi connectivity index (χ3n) is 4.71. The quantitative estimate of drug-likeness (QED) is 0.869. The first kappa shape index (κ1) is 17.5. The summed E-state index contributed by atoms with van der Waals surface area (Å²) in [6.07, 6.45) is 3.84. The van der Waals surface area contributed by atoms with Crippen LogP contribution in [0.4, 0.5) is 11.4 Å². The minimum atomic E-state index is 0.0500. The molecule has 1 atom stereocenters. The number of carbonyl (C=O) groups is 1. The highest BCUT2D eigenvalue weighted by Crippen LogP contribution is 2.23. The molecule has 1 aliphatic rings. The van der Waals surface area contributed by atoms with Crippen molar-refractivity contribution in [3.8, 4) is 0 Å². The SMILES string of the molecule is COC1CCCN(c2ccc(NC(=O)CCc3ccccc3)cc2)C1. The lowest BCUT2D eigenvalue weighted by atomic mass is 10.1. The van der Waals surface area contributed by atoms with Gasteiger partial charge in [0.05, 0.1) is 6.10 Å². The lowest BCUT2D eigenvalue weighted by Gasteiger charge is -2.33. The van der Waals surface area contributed by atoms with E-state index in [0.29, 0.717) is 12.5 Å². The van der Waals surface area contributed by atoms with E-state index < -0.39 is 0 Å². The van der Waals surface area contributed by atoms with Gasteiger partial charge in [0, 0.05) is 38.0 Å². The molecule has 1 fully saturated rings. The fourth-order valence-corrected chi connectivity index (χ4v) is 3.25. The molecule has 25 heavy (non-hydrogen) atoms. The van der Waals surface area contributed by atoms with Crippen LogP contribution in [0.3, 0.4) is 0 Å². The Balaban J connectivity index is 1.51. The van der Waals surface area contributed by atoms with E-state index in [-0.39, 0.29) is 5.91 Å². The fourth-order valence-electron chi connectivity index (χ4n) is 3.25. The van der Waals surface area contributed by atoms with Crippen LogP contribution in [0.25, 0.3) is 0 Å². The molecule has 1 saturated heterocycles. The van der Waals surface area contributed by atoms with Crippen LogP contribution in [-0.2, 0) is 16.0 Å². The molecule has 4 nitrogen and oxygen atoms in total. The molecule has 2 aromatic rings. The Hall–Kier alpha value is -2.33. The molecule has 1 aliphatic heterocycles. The molecule has 1 amide bonds. The number of piperidine rings is 1. The van der Waals surface area contributed by atoms with Crippen LogP contribution < -0.4 is 10.2 Å². The lowest BCUT2D eigenvalue weighted by Crippen LogP contribution is -2.39. The predicted octanol–water partition coefficient (Wildman–Crippen LogP) is 3.87. The summed E-state index contributed by atoms with van der Waals surface area (Å²) in [5.74, 6) is 0.0500. The zero-order valence-corrected chi connectivity index (χ0v) is 14.8. The van der Waals surface area contributed by atoms with Crippen molar-refractivity contribution in [2.45, 2.75) is 31.8 Å². The summed E-state index contributed by atoms with van der Waals surface area (Å²) in [5.41, 5.74) is 3.22. The second kappa shape index (κ2) is 8.67. The molecular formula is C21H26N2O2.